The Hall–Kier alpha value is -0.570. The van der Waals surface area contributed by atoms with Crippen LogP contribution in [0.2, 0.25) is 0 Å². The molecule has 0 aromatic heterocycles. The van der Waals surface area contributed by atoms with Crippen molar-refractivity contribution in [2.75, 3.05) is 13.2 Å². The third kappa shape index (κ3) is 10.6. The third-order valence-electron chi connectivity index (χ3n) is 2.77. The maximum Gasteiger partial charge on any atom is 0.308 e. The average Bonchev–Trinajstić information content (AvgIpc) is 2.26. The molecule has 0 aromatic carbocycles. The monoisotopic (exact) mass is 258 g/mol. The van der Waals surface area contributed by atoms with Gasteiger partial charge in [-0.05, 0) is 33.1 Å². The molecule has 0 fully saturated rings. The zero-order valence-electron chi connectivity index (χ0n) is 12.8. The molecule has 108 valence electrons. The normalized spacial score (nSPS) is 13.4. The summed E-state index contributed by atoms with van der Waals surface area (Å²) in [5.74, 6) is 0.452. The van der Waals surface area contributed by atoms with Crippen molar-refractivity contribution in [2.45, 2.75) is 72.3 Å². The van der Waals surface area contributed by atoms with E-state index >= 15 is 0 Å². The van der Waals surface area contributed by atoms with Crippen LogP contribution in [0.4, 0.5) is 0 Å². The summed E-state index contributed by atoms with van der Waals surface area (Å²) in [6, 6.07) is 0. The molecule has 0 aliphatic carbocycles. The molecule has 0 saturated carbocycles. The molecule has 0 N–H and O–H groups in total. The van der Waals surface area contributed by atoms with Gasteiger partial charge in [-0.3, -0.25) is 4.79 Å². The summed E-state index contributed by atoms with van der Waals surface area (Å²) in [7, 11) is 0. The second-order valence-electron chi connectivity index (χ2n) is 5.83. The van der Waals surface area contributed by atoms with E-state index in [1.54, 1.807) is 0 Å². The minimum absolute atomic E-state index is 0.177. The lowest BCUT2D eigenvalue weighted by Gasteiger charge is -2.19. The number of hydrogen-bond acceptors (Lipinski definition) is 3. The second-order valence-corrected chi connectivity index (χ2v) is 5.83. The first kappa shape index (κ1) is 17.4. The summed E-state index contributed by atoms with van der Waals surface area (Å²) in [5.41, 5.74) is -0.399. The molecule has 0 bridgehead atoms. The van der Waals surface area contributed by atoms with E-state index in [0.717, 1.165) is 13.0 Å². The van der Waals surface area contributed by atoms with Gasteiger partial charge in [-0.1, -0.05) is 33.1 Å². The van der Waals surface area contributed by atoms with Gasteiger partial charge in [0.05, 0.1) is 13.0 Å². The first-order valence-corrected chi connectivity index (χ1v) is 7.18. The molecule has 18 heavy (non-hydrogen) atoms. The van der Waals surface area contributed by atoms with Gasteiger partial charge in [-0.25, -0.2) is 0 Å². The van der Waals surface area contributed by atoms with Gasteiger partial charge in [0.2, 0.25) is 0 Å². The minimum Gasteiger partial charge on any atom is -0.460 e. The van der Waals surface area contributed by atoms with Crippen molar-refractivity contribution in [1.82, 2.24) is 0 Å². The summed E-state index contributed by atoms with van der Waals surface area (Å²) < 4.78 is 10.8. The van der Waals surface area contributed by atoms with Crippen LogP contribution in [0.3, 0.4) is 0 Å². The number of hydrogen-bond donors (Lipinski definition) is 0. The molecule has 0 saturated heterocycles. The van der Waals surface area contributed by atoms with Crippen molar-refractivity contribution in [3.05, 3.63) is 0 Å². The van der Waals surface area contributed by atoms with Crippen molar-refractivity contribution >= 4 is 5.97 Å². The first-order valence-electron chi connectivity index (χ1n) is 7.18. The van der Waals surface area contributed by atoms with Gasteiger partial charge in [-0.2, -0.15) is 0 Å². The maximum atomic E-state index is 11.4. The summed E-state index contributed by atoms with van der Waals surface area (Å²) >= 11 is 0. The fourth-order valence-electron chi connectivity index (χ4n) is 1.70. The van der Waals surface area contributed by atoms with Crippen LogP contribution in [-0.4, -0.2) is 24.8 Å². The van der Waals surface area contributed by atoms with E-state index in [9.17, 15) is 4.79 Å². The van der Waals surface area contributed by atoms with E-state index in [-0.39, 0.29) is 5.97 Å². The van der Waals surface area contributed by atoms with Crippen molar-refractivity contribution < 1.29 is 14.3 Å². The molecule has 1 atom stereocenters. The quantitative estimate of drug-likeness (QED) is 0.464. The van der Waals surface area contributed by atoms with Gasteiger partial charge in [-0.15, -0.1) is 0 Å². The van der Waals surface area contributed by atoms with Gasteiger partial charge in [0.1, 0.15) is 5.60 Å². The number of carbonyl (C=O) groups excluding carboxylic acids is 1. The van der Waals surface area contributed by atoms with Gasteiger partial charge in [0, 0.05) is 6.61 Å². The molecule has 0 amide bonds. The van der Waals surface area contributed by atoms with Crippen LogP contribution < -0.4 is 0 Å². The van der Waals surface area contributed by atoms with E-state index in [4.69, 9.17) is 9.47 Å². The Morgan fingerprint density at radius 2 is 1.89 bits per heavy atom. The molecule has 0 aliphatic rings. The topological polar surface area (TPSA) is 35.5 Å². The van der Waals surface area contributed by atoms with Gasteiger partial charge in [0.15, 0.2) is 0 Å². The SMILES string of the molecule is CCCCC(CC)COCCC(=O)OC(C)(C)C. The van der Waals surface area contributed by atoms with Crippen molar-refractivity contribution in [3.63, 3.8) is 0 Å². The largest absolute Gasteiger partial charge is 0.460 e. The van der Waals surface area contributed by atoms with Crippen LogP contribution in [0.5, 0.6) is 0 Å². The van der Waals surface area contributed by atoms with Crippen LogP contribution in [0.15, 0.2) is 0 Å². The molecule has 0 aliphatic heterocycles. The van der Waals surface area contributed by atoms with E-state index in [1.807, 2.05) is 20.8 Å². The van der Waals surface area contributed by atoms with E-state index in [2.05, 4.69) is 13.8 Å². The molecule has 0 aromatic rings. The standard InChI is InChI=1S/C15H30O3/c1-6-8-9-13(7-2)12-17-11-10-14(16)18-15(3,4)5/h13H,6-12H2,1-5H3. The molecule has 3 heteroatoms. The lowest BCUT2D eigenvalue weighted by Crippen LogP contribution is -2.24. The summed E-state index contributed by atoms with van der Waals surface area (Å²) in [6.07, 6.45) is 5.20. The van der Waals surface area contributed by atoms with E-state index in [0.29, 0.717) is 18.9 Å². The highest BCUT2D eigenvalue weighted by atomic mass is 16.6. The third-order valence-corrected chi connectivity index (χ3v) is 2.77. The smallest absolute Gasteiger partial charge is 0.308 e. The van der Waals surface area contributed by atoms with Crippen LogP contribution in [0.25, 0.3) is 0 Å². The number of rotatable bonds is 9. The number of carbonyl (C=O) groups is 1. The van der Waals surface area contributed by atoms with Crippen molar-refractivity contribution in [1.29, 1.82) is 0 Å². The fraction of sp³-hybridized carbons (Fsp3) is 0.933. The maximum absolute atomic E-state index is 11.4. The van der Waals surface area contributed by atoms with Crippen LogP contribution in [0, 0.1) is 5.92 Å². The number of esters is 1. The Balaban J connectivity index is 3.62. The zero-order chi connectivity index (χ0) is 14.0. The van der Waals surface area contributed by atoms with Gasteiger partial charge >= 0.3 is 5.97 Å². The lowest BCUT2D eigenvalue weighted by atomic mass is 10.0. The lowest BCUT2D eigenvalue weighted by molar-refractivity contribution is -0.156. The molecule has 3 nitrogen and oxygen atoms in total. The molecular formula is C15H30O3. The molecule has 0 heterocycles. The predicted octanol–water partition coefficient (Wildman–Crippen LogP) is 3.95. The van der Waals surface area contributed by atoms with Gasteiger partial charge in [0.25, 0.3) is 0 Å². The fourth-order valence-corrected chi connectivity index (χ4v) is 1.70. The Kier molecular flexibility index (Phi) is 9.08. The predicted molar refractivity (Wildman–Crippen MR) is 74.6 cm³/mol. The molecular weight excluding hydrogens is 228 g/mol. The van der Waals surface area contributed by atoms with Crippen LogP contribution >= 0.6 is 0 Å². The van der Waals surface area contributed by atoms with Crippen LogP contribution in [0.1, 0.15) is 66.7 Å². The number of ether oxygens (including phenoxy) is 2. The Bertz CT molecular complexity index is 218. The highest BCUT2D eigenvalue weighted by Gasteiger charge is 2.16. The van der Waals surface area contributed by atoms with Gasteiger partial charge < -0.3 is 9.47 Å². The summed E-state index contributed by atoms with van der Waals surface area (Å²) in [5, 5.41) is 0. The Morgan fingerprint density at radius 1 is 1.22 bits per heavy atom. The minimum atomic E-state index is -0.399. The molecule has 0 radical (unpaired) electrons. The highest BCUT2D eigenvalue weighted by Crippen LogP contribution is 2.13. The Morgan fingerprint density at radius 3 is 2.39 bits per heavy atom. The molecule has 0 spiro atoms. The zero-order valence-corrected chi connectivity index (χ0v) is 12.8. The van der Waals surface area contributed by atoms with Crippen LogP contribution in [-0.2, 0) is 14.3 Å². The molecule has 1 unspecified atom stereocenters. The summed E-state index contributed by atoms with van der Waals surface area (Å²) in [6.45, 7) is 11.3. The molecule has 0 rings (SSSR count). The second kappa shape index (κ2) is 9.37. The van der Waals surface area contributed by atoms with E-state index < -0.39 is 5.60 Å². The van der Waals surface area contributed by atoms with E-state index in [1.165, 1.54) is 19.3 Å². The van der Waals surface area contributed by atoms with Crippen molar-refractivity contribution in [2.24, 2.45) is 5.92 Å². The van der Waals surface area contributed by atoms with Crippen molar-refractivity contribution in [3.8, 4) is 0 Å². The first-order chi connectivity index (χ1) is 8.39. The Labute approximate surface area is 112 Å². The average molecular weight is 258 g/mol. The highest BCUT2D eigenvalue weighted by molar-refractivity contribution is 5.69. The number of unbranched alkanes of at least 4 members (excludes halogenated alkanes) is 1. The summed E-state index contributed by atoms with van der Waals surface area (Å²) in [4.78, 5) is 11.4.